The lowest BCUT2D eigenvalue weighted by Crippen LogP contribution is -2.17. The third kappa shape index (κ3) is 4.02. The first-order chi connectivity index (χ1) is 6.33. The largest absolute Gasteiger partial charge is 0.468 e. The number of nitrogens with two attached hydrogens (primary N) is 1. The Hall–Kier alpha value is -0.920. The van der Waals surface area contributed by atoms with Crippen LogP contribution in [0.3, 0.4) is 0 Å². The fourth-order valence-electron chi connectivity index (χ4n) is 0.842. The second-order valence-electron chi connectivity index (χ2n) is 2.66. The second kappa shape index (κ2) is 5.68. The molecule has 2 N–H and O–H groups in total. The van der Waals surface area contributed by atoms with Crippen molar-refractivity contribution in [1.29, 1.82) is 5.26 Å². The van der Waals surface area contributed by atoms with Gasteiger partial charge < -0.3 is 10.2 Å². The van der Waals surface area contributed by atoms with Gasteiger partial charge in [-0.1, -0.05) is 0 Å². The quantitative estimate of drug-likeness (QED) is 0.729. The van der Waals surface area contributed by atoms with Crippen LogP contribution in [-0.2, 0) is 5.75 Å². The van der Waals surface area contributed by atoms with Crippen LogP contribution in [0.15, 0.2) is 22.8 Å². The van der Waals surface area contributed by atoms with Crippen molar-refractivity contribution in [3.8, 4) is 6.07 Å². The fourth-order valence-corrected chi connectivity index (χ4v) is 1.77. The van der Waals surface area contributed by atoms with E-state index in [0.29, 0.717) is 0 Å². The van der Waals surface area contributed by atoms with Crippen molar-refractivity contribution < 1.29 is 4.42 Å². The Morgan fingerprint density at radius 3 is 3.15 bits per heavy atom. The molecular formula is C9H12N2OS. The van der Waals surface area contributed by atoms with Gasteiger partial charge >= 0.3 is 0 Å². The molecule has 1 rings (SSSR count). The van der Waals surface area contributed by atoms with Crippen LogP contribution < -0.4 is 5.73 Å². The monoisotopic (exact) mass is 196 g/mol. The summed E-state index contributed by atoms with van der Waals surface area (Å²) < 4.78 is 5.15. The fraction of sp³-hybridized carbons (Fsp3) is 0.444. The molecule has 13 heavy (non-hydrogen) atoms. The van der Waals surface area contributed by atoms with Crippen molar-refractivity contribution in [3.05, 3.63) is 24.2 Å². The highest BCUT2D eigenvalue weighted by Crippen LogP contribution is 2.13. The first-order valence-corrected chi connectivity index (χ1v) is 5.23. The number of rotatable bonds is 5. The Balaban J connectivity index is 2.06. The maximum Gasteiger partial charge on any atom is 0.113 e. The number of thioether (sulfide) groups is 1. The molecule has 70 valence electrons. The zero-order chi connectivity index (χ0) is 9.52. The van der Waals surface area contributed by atoms with Crippen LogP contribution in [0.1, 0.15) is 12.2 Å². The molecule has 0 bridgehead atoms. The third-order valence-electron chi connectivity index (χ3n) is 1.56. The molecule has 0 saturated carbocycles. The van der Waals surface area contributed by atoms with Crippen molar-refractivity contribution in [2.24, 2.45) is 5.73 Å². The van der Waals surface area contributed by atoms with Gasteiger partial charge in [0.25, 0.3) is 0 Å². The van der Waals surface area contributed by atoms with E-state index >= 15 is 0 Å². The van der Waals surface area contributed by atoms with Gasteiger partial charge in [0.05, 0.1) is 24.1 Å². The summed E-state index contributed by atoms with van der Waals surface area (Å²) in [6.45, 7) is 0. The molecule has 0 amide bonds. The summed E-state index contributed by atoms with van der Waals surface area (Å²) in [6, 6.07) is 5.48. The summed E-state index contributed by atoms with van der Waals surface area (Å²) in [5.41, 5.74) is 5.43. The van der Waals surface area contributed by atoms with Crippen LogP contribution in [0, 0.1) is 11.3 Å². The van der Waals surface area contributed by atoms with Crippen LogP contribution in [0.4, 0.5) is 0 Å². The molecule has 0 aliphatic heterocycles. The summed E-state index contributed by atoms with van der Waals surface area (Å²) in [7, 11) is 0. The third-order valence-corrected chi connectivity index (χ3v) is 2.58. The van der Waals surface area contributed by atoms with Gasteiger partial charge in [0.15, 0.2) is 0 Å². The van der Waals surface area contributed by atoms with Crippen molar-refractivity contribution in [1.82, 2.24) is 0 Å². The van der Waals surface area contributed by atoms with Crippen LogP contribution in [-0.4, -0.2) is 11.8 Å². The van der Waals surface area contributed by atoms with Gasteiger partial charge in [-0.3, -0.25) is 0 Å². The molecule has 1 unspecified atom stereocenters. The van der Waals surface area contributed by atoms with Crippen LogP contribution in [0.5, 0.6) is 0 Å². The summed E-state index contributed by atoms with van der Waals surface area (Å²) in [4.78, 5) is 0. The topological polar surface area (TPSA) is 63.0 Å². The molecular weight excluding hydrogens is 184 g/mol. The van der Waals surface area contributed by atoms with Crippen LogP contribution in [0.25, 0.3) is 0 Å². The van der Waals surface area contributed by atoms with E-state index in [9.17, 15) is 0 Å². The highest BCUT2D eigenvalue weighted by molar-refractivity contribution is 7.98. The minimum absolute atomic E-state index is 0.330. The minimum Gasteiger partial charge on any atom is -0.468 e. The van der Waals surface area contributed by atoms with Crippen LogP contribution >= 0.6 is 11.8 Å². The molecule has 3 nitrogen and oxygen atoms in total. The minimum atomic E-state index is -0.330. The van der Waals surface area contributed by atoms with Crippen molar-refractivity contribution in [2.45, 2.75) is 18.2 Å². The first-order valence-electron chi connectivity index (χ1n) is 4.08. The number of hydrogen-bond donors (Lipinski definition) is 1. The summed E-state index contributed by atoms with van der Waals surface area (Å²) in [6.07, 6.45) is 2.40. The Morgan fingerprint density at radius 1 is 1.69 bits per heavy atom. The molecule has 0 aliphatic rings. The smallest absolute Gasteiger partial charge is 0.113 e. The van der Waals surface area contributed by atoms with Gasteiger partial charge in [-0.15, -0.1) is 0 Å². The van der Waals surface area contributed by atoms with E-state index < -0.39 is 0 Å². The first kappa shape index (κ1) is 10.2. The standard InChI is InChI=1S/C9H12N2OS/c10-6-8(11)3-5-13-7-9-2-1-4-12-9/h1-2,4,8H,3,5,7,11H2. The van der Waals surface area contributed by atoms with Crippen LogP contribution in [0.2, 0.25) is 0 Å². The van der Waals surface area contributed by atoms with E-state index in [1.165, 1.54) is 0 Å². The van der Waals surface area contributed by atoms with Gasteiger partial charge in [0, 0.05) is 0 Å². The maximum absolute atomic E-state index is 8.42. The van der Waals surface area contributed by atoms with Gasteiger partial charge in [-0.25, -0.2) is 0 Å². The van der Waals surface area contributed by atoms with Crippen molar-refractivity contribution in [2.75, 3.05) is 5.75 Å². The Kier molecular flexibility index (Phi) is 4.44. The lowest BCUT2D eigenvalue weighted by Gasteiger charge is -2.00. The molecule has 4 heteroatoms. The maximum atomic E-state index is 8.42. The molecule has 0 spiro atoms. The molecule has 1 aromatic heterocycles. The molecule has 0 saturated heterocycles. The van der Waals surface area contributed by atoms with E-state index in [1.54, 1.807) is 18.0 Å². The molecule has 0 radical (unpaired) electrons. The lowest BCUT2D eigenvalue weighted by molar-refractivity contribution is 0.530. The zero-order valence-corrected chi connectivity index (χ0v) is 8.09. The lowest BCUT2D eigenvalue weighted by atomic mass is 10.3. The number of furan rings is 1. The molecule has 1 heterocycles. The van der Waals surface area contributed by atoms with Gasteiger partial charge in [0.1, 0.15) is 5.76 Å². The average Bonchev–Trinajstić information content (AvgIpc) is 2.64. The predicted octanol–water partition coefficient (Wildman–Crippen LogP) is 1.75. The number of nitrogens with zero attached hydrogens (tertiary/aromatic N) is 1. The Bertz CT molecular complexity index is 266. The predicted molar refractivity (Wildman–Crippen MR) is 53.1 cm³/mol. The summed E-state index contributed by atoms with van der Waals surface area (Å²) in [5.74, 6) is 2.72. The molecule has 0 aromatic carbocycles. The van der Waals surface area contributed by atoms with E-state index in [-0.39, 0.29) is 6.04 Å². The number of nitriles is 1. The Morgan fingerprint density at radius 2 is 2.54 bits per heavy atom. The number of hydrogen-bond acceptors (Lipinski definition) is 4. The second-order valence-corrected chi connectivity index (χ2v) is 3.76. The SMILES string of the molecule is N#CC(N)CCSCc1ccco1. The summed E-state index contributed by atoms with van der Waals surface area (Å²) in [5, 5.41) is 8.42. The van der Waals surface area contributed by atoms with Crippen molar-refractivity contribution >= 4 is 11.8 Å². The van der Waals surface area contributed by atoms with Gasteiger partial charge in [-0.2, -0.15) is 17.0 Å². The van der Waals surface area contributed by atoms with E-state index in [2.05, 4.69) is 0 Å². The Labute approximate surface area is 81.9 Å². The van der Waals surface area contributed by atoms with Gasteiger partial charge in [-0.05, 0) is 24.3 Å². The molecule has 1 atom stereocenters. The normalized spacial score (nSPS) is 12.3. The highest BCUT2D eigenvalue weighted by atomic mass is 32.2. The van der Waals surface area contributed by atoms with E-state index in [0.717, 1.165) is 23.7 Å². The molecule has 0 fully saturated rings. The summed E-state index contributed by atoms with van der Waals surface area (Å²) >= 11 is 1.73. The molecule has 0 aliphatic carbocycles. The average molecular weight is 196 g/mol. The zero-order valence-electron chi connectivity index (χ0n) is 7.27. The van der Waals surface area contributed by atoms with E-state index in [1.807, 2.05) is 18.2 Å². The highest BCUT2D eigenvalue weighted by Gasteiger charge is 2.00. The van der Waals surface area contributed by atoms with E-state index in [4.69, 9.17) is 15.4 Å². The molecule has 1 aromatic rings. The van der Waals surface area contributed by atoms with Crippen molar-refractivity contribution in [3.63, 3.8) is 0 Å². The van der Waals surface area contributed by atoms with Gasteiger partial charge in [0.2, 0.25) is 0 Å².